The van der Waals surface area contributed by atoms with Crippen molar-refractivity contribution < 1.29 is 24.5 Å². The lowest BCUT2D eigenvalue weighted by molar-refractivity contribution is -0.135. The molecule has 0 spiro atoms. The van der Waals surface area contributed by atoms with Crippen LogP contribution in [0.1, 0.15) is 20.3 Å². The van der Waals surface area contributed by atoms with Crippen molar-refractivity contribution in [2.75, 3.05) is 37.6 Å². The molecule has 3 amide bonds. The number of aliphatic hydroxyl groups is 2. The average Bonchev–Trinajstić information content (AvgIpc) is 3.00. The van der Waals surface area contributed by atoms with E-state index in [-0.39, 0.29) is 30.9 Å². The van der Waals surface area contributed by atoms with Crippen LogP contribution in [0, 0.1) is 0 Å². The maximum absolute atomic E-state index is 12.7. The van der Waals surface area contributed by atoms with Gasteiger partial charge in [-0.3, -0.25) is 4.79 Å². The number of ether oxygens (including phenoxy) is 1. The fraction of sp³-hybridized carbons (Fsp3) is 0.684. The molecule has 166 valence electrons. The summed E-state index contributed by atoms with van der Waals surface area (Å²) in [6.45, 7) is 5.97. The normalized spacial score (nSPS) is 26.7. The van der Waals surface area contributed by atoms with E-state index in [0.717, 1.165) is 0 Å². The molecule has 3 rings (SSSR count). The Bertz CT molecular complexity index is 713. The highest BCUT2D eigenvalue weighted by Gasteiger charge is 2.44. The number of nitrogens with zero attached hydrogens (tertiary/aromatic N) is 4. The Morgan fingerprint density at radius 2 is 1.77 bits per heavy atom. The minimum absolute atomic E-state index is 0.0238. The van der Waals surface area contributed by atoms with Crippen molar-refractivity contribution in [3.8, 4) is 0 Å². The van der Waals surface area contributed by atoms with Crippen LogP contribution in [0.4, 0.5) is 10.7 Å². The second kappa shape index (κ2) is 10.0. The first kappa shape index (κ1) is 22.2. The zero-order valence-electron chi connectivity index (χ0n) is 17.3. The van der Waals surface area contributed by atoms with E-state index in [1.165, 1.54) is 0 Å². The molecule has 11 nitrogen and oxygen atoms in total. The molecule has 4 atom stereocenters. The summed E-state index contributed by atoms with van der Waals surface area (Å²) in [5.41, 5.74) is 0. The third-order valence-corrected chi connectivity index (χ3v) is 5.19. The van der Waals surface area contributed by atoms with E-state index in [9.17, 15) is 19.8 Å². The Labute approximate surface area is 175 Å². The van der Waals surface area contributed by atoms with Crippen molar-refractivity contribution in [2.24, 2.45) is 0 Å². The number of aliphatic hydroxyl groups excluding tert-OH is 2. The van der Waals surface area contributed by atoms with Crippen molar-refractivity contribution in [2.45, 2.75) is 50.7 Å². The largest absolute Gasteiger partial charge is 0.388 e. The van der Waals surface area contributed by atoms with Crippen LogP contribution < -0.4 is 15.5 Å². The van der Waals surface area contributed by atoms with E-state index in [1.807, 2.05) is 18.7 Å². The minimum atomic E-state index is -1.19. The number of aromatic nitrogens is 2. The predicted molar refractivity (Wildman–Crippen MR) is 108 cm³/mol. The van der Waals surface area contributed by atoms with Gasteiger partial charge in [0.25, 0.3) is 0 Å². The lowest BCUT2D eigenvalue weighted by Gasteiger charge is -2.35. The van der Waals surface area contributed by atoms with Gasteiger partial charge in [0.15, 0.2) is 0 Å². The second-order valence-corrected chi connectivity index (χ2v) is 7.82. The number of amides is 3. The maximum atomic E-state index is 12.7. The Morgan fingerprint density at radius 3 is 2.40 bits per heavy atom. The van der Waals surface area contributed by atoms with Crippen molar-refractivity contribution in [1.29, 1.82) is 0 Å². The van der Waals surface area contributed by atoms with Crippen molar-refractivity contribution in [3.63, 3.8) is 0 Å². The molecule has 0 aromatic carbocycles. The lowest BCUT2D eigenvalue weighted by atomic mass is 10.0. The summed E-state index contributed by atoms with van der Waals surface area (Å²) in [5, 5.41) is 25.8. The van der Waals surface area contributed by atoms with E-state index in [2.05, 4.69) is 20.6 Å². The molecular weight excluding hydrogens is 392 g/mol. The van der Waals surface area contributed by atoms with Gasteiger partial charge in [-0.2, -0.15) is 0 Å². The third kappa shape index (κ3) is 5.55. The van der Waals surface area contributed by atoms with Gasteiger partial charge in [0.1, 0.15) is 18.3 Å². The number of hydrogen-bond acceptors (Lipinski definition) is 8. The first-order valence-electron chi connectivity index (χ1n) is 10.2. The lowest BCUT2D eigenvalue weighted by Crippen LogP contribution is -2.50. The van der Waals surface area contributed by atoms with E-state index in [0.29, 0.717) is 32.1 Å². The van der Waals surface area contributed by atoms with Crippen LogP contribution in [0.5, 0.6) is 0 Å². The molecule has 2 aliphatic heterocycles. The van der Waals surface area contributed by atoms with Crippen molar-refractivity contribution >= 4 is 17.9 Å². The highest BCUT2D eigenvalue weighted by atomic mass is 16.5. The maximum Gasteiger partial charge on any atom is 0.315 e. The van der Waals surface area contributed by atoms with E-state index >= 15 is 0 Å². The van der Waals surface area contributed by atoms with Crippen LogP contribution in [0.15, 0.2) is 18.5 Å². The number of hydrogen-bond donors (Lipinski definition) is 4. The number of urea groups is 1. The summed E-state index contributed by atoms with van der Waals surface area (Å²) in [5.74, 6) is 0.491. The standard InChI is InChI=1S/C19H30N6O5/c1-12(2)23-19(29)22-11-14-17(28)16(27)13(30-14)10-15(26)24-6-8-25(9-7-24)18-20-4-3-5-21-18/h3-5,12-14,16-17,27-28H,6-11H2,1-2H3,(H2,22,23,29)/t13-,14-,16-,17+/m0/s1. The number of carbonyl (C=O) groups is 2. The fourth-order valence-corrected chi connectivity index (χ4v) is 3.58. The number of piperazine rings is 1. The Hall–Kier alpha value is -2.50. The molecule has 2 saturated heterocycles. The molecule has 3 heterocycles. The predicted octanol–water partition coefficient (Wildman–Crippen LogP) is -1.29. The van der Waals surface area contributed by atoms with Crippen LogP contribution >= 0.6 is 0 Å². The Kier molecular flexibility index (Phi) is 7.40. The number of carbonyl (C=O) groups excluding carboxylic acids is 2. The van der Waals surface area contributed by atoms with Gasteiger partial charge in [0, 0.05) is 51.2 Å². The molecule has 30 heavy (non-hydrogen) atoms. The van der Waals surface area contributed by atoms with Gasteiger partial charge in [-0.1, -0.05) is 0 Å². The summed E-state index contributed by atoms with van der Waals surface area (Å²) >= 11 is 0. The fourth-order valence-electron chi connectivity index (χ4n) is 3.58. The van der Waals surface area contributed by atoms with Crippen LogP contribution in [0.3, 0.4) is 0 Å². The van der Waals surface area contributed by atoms with Crippen LogP contribution in [-0.2, 0) is 9.53 Å². The monoisotopic (exact) mass is 422 g/mol. The molecule has 0 radical (unpaired) electrons. The zero-order chi connectivity index (χ0) is 21.7. The highest BCUT2D eigenvalue weighted by Crippen LogP contribution is 2.24. The van der Waals surface area contributed by atoms with Gasteiger partial charge in [-0.15, -0.1) is 0 Å². The van der Waals surface area contributed by atoms with Gasteiger partial charge in [0.2, 0.25) is 11.9 Å². The van der Waals surface area contributed by atoms with Crippen LogP contribution in [-0.4, -0.2) is 100 Å². The number of nitrogens with one attached hydrogen (secondary N) is 2. The number of anilines is 1. The number of rotatable bonds is 6. The minimum Gasteiger partial charge on any atom is -0.388 e. The van der Waals surface area contributed by atoms with Crippen LogP contribution in [0.25, 0.3) is 0 Å². The molecule has 0 saturated carbocycles. The van der Waals surface area contributed by atoms with Crippen molar-refractivity contribution in [3.05, 3.63) is 18.5 Å². The molecular formula is C19H30N6O5. The molecule has 4 N–H and O–H groups in total. The molecule has 2 fully saturated rings. The molecule has 2 aliphatic rings. The summed E-state index contributed by atoms with van der Waals surface area (Å²) in [6, 6.07) is 1.35. The van der Waals surface area contributed by atoms with Gasteiger partial charge in [-0.05, 0) is 19.9 Å². The van der Waals surface area contributed by atoms with E-state index < -0.39 is 24.4 Å². The summed E-state index contributed by atoms with van der Waals surface area (Å²) in [7, 11) is 0. The third-order valence-electron chi connectivity index (χ3n) is 5.19. The molecule has 1 aromatic heterocycles. The Morgan fingerprint density at radius 1 is 1.13 bits per heavy atom. The van der Waals surface area contributed by atoms with E-state index in [1.54, 1.807) is 23.4 Å². The smallest absolute Gasteiger partial charge is 0.315 e. The first-order valence-corrected chi connectivity index (χ1v) is 10.2. The molecule has 0 unspecified atom stereocenters. The zero-order valence-corrected chi connectivity index (χ0v) is 17.3. The van der Waals surface area contributed by atoms with Gasteiger partial charge >= 0.3 is 6.03 Å². The van der Waals surface area contributed by atoms with Gasteiger partial charge in [0.05, 0.1) is 12.5 Å². The summed E-state index contributed by atoms with van der Waals surface area (Å²) in [6.07, 6.45) is -0.619. The molecule has 1 aromatic rings. The molecule has 0 aliphatic carbocycles. The summed E-state index contributed by atoms with van der Waals surface area (Å²) in [4.78, 5) is 36.5. The van der Waals surface area contributed by atoms with Crippen LogP contribution in [0.2, 0.25) is 0 Å². The van der Waals surface area contributed by atoms with Gasteiger partial charge in [-0.25, -0.2) is 14.8 Å². The molecule has 11 heteroatoms. The van der Waals surface area contributed by atoms with E-state index in [4.69, 9.17) is 4.74 Å². The first-order chi connectivity index (χ1) is 14.3. The second-order valence-electron chi connectivity index (χ2n) is 7.82. The van der Waals surface area contributed by atoms with Crippen molar-refractivity contribution in [1.82, 2.24) is 25.5 Å². The highest BCUT2D eigenvalue weighted by molar-refractivity contribution is 5.77. The Balaban J connectivity index is 1.45. The molecule has 0 bridgehead atoms. The quantitative estimate of drug-likeness (QED) is 0.444. The SMILES string of the molecule is CC(C)NC(=O)NC[C@@H]1O[C@@H](CC(=O)N2CCN(c3ncccn3)CC2)[C@H](O)[C@@H]1O. The summed E-state index contributed by atoms with van der Waals surface area (Å²) < 4.78 is 5.67. The van der Waals surface area contributed by atoms with Gasteiger partial charge < -0.3 is 35.4 Å². The average molecular weight is 422 g/mol. The topological polar surface area (TPSA) is 140 Å².